The van der Waals surface area contributed by atoms with E-state index in [1.165, 1.54) is 24.0 Å². The third-order valence-electron chi connectivity index (χ3n) is 16.8. The third kappa shape index (κ3) is 32.3. The summed E-state index contributed by atoms with van der Waals surface area (Å²) in [6.45, 7) is 20.0. The summed E-state index contributed by atoms with van der Waals surface area (Å²) in [5, 5.41) is 43.0. The van der Waals surface area contributed by atoms with Crippen molar-refractivity contribution in [3.63, 3.8) is 0 Å². The van der Waals surface area contributed by atoms with E-state index in [0.717, 1.165) is 170 Å². The van der Waals surface area contributed by atoms with Crippen LogP contribution >= 0.6 is 0 Å². The molecule has 1 aliphatic heterocycles. The summed E-state index contributed by atoms with van der Waals surface area (Å²) in [6, 6.07) is 31.9. The number of aliphatic imine (C=N–C) groups is 1. The molecule has 0 radical (unpaired) electrons. The predicted octanol–water partition coefficient (Wildman–Crippen LogP) is 8.29. The molecule has 4 heterocycles. The first kappa shape index (κ1) is 85.1. The van der Waals surface area contributed by atoms with Crippen LogP contribution in [-0.2, 0) is 65.9 Å². The quantitative estimate of drug-likeness (QED) is 0.0161. The van der Waals surface area contributed by atoms with Gasteiger partial charge in [-0.05, 0) is 127 Å². The molecule has 562 valence electrons. The number of carbonyl (C=O) groups excluding carboxylic acids is 4. The number of hydrogen-bond donors (Lipinski definition) is 10. The number of aromatic amines is 3. The molecule has 0 fully saturated rings. The molecule has 0 aliphatic carbocycles. The monoisotopic (exact) mass is 1420 g/mol. The number of H-pyrrole nitrogens is 3. The van der Waals surface area contributed by atoms with Gasteiger partial charge in [0, 0.05) is 165 Å². The first-order chi connectivity index (χ1) is 49.9. The summed E-state index contributed by atoms with van der Waals surface area (Å²) in [4.78, 5) is 61.2. The van der Waals surface area contributed by atoms with E-state index in [1.807, 2.05) is 151 Å². The van der Waals surface area contributed by atoms with Gasteiger partial charge in [0.25, 0.3) is 0 Å². The maximum atomic E-state index is 12.0. The minimum Gasteiger partial charge on any atom is -0.385 e. The fraction of sp³-hybridized carbons (Fsp3) is 0.487. The van der Waals surface area contributed by atoms with Crippen LogP contribution in [0.2, 0.25) is 0 Å². The number of methoxy groups -OCH3 is 3. The summed E-state index contributed by atoms with van der Waals surface area (Å²) in [6.07, 6.45) is 13.0. The van der Waals surface area contributed by atoms with Crippen molar-refractivity contribution in [2.75, 3.05) is 173 Å². The smallest absolute Gasteiger partial charge is 0.226 e. The summed E-state index contributed by atoms with van der Waals surface area (Å²) in [7, 11) is 19.3. The lowest BCUT2D eigenvalue weighted by atomic mass is 10.0. The average molecular weight is 1420 g/mol. The Morgan fingerprint density at radius 2 is 0.883 bits per heavy atom. The van der Waals surface area contributed by atoms with E-state index in [2.05, 4.69) is 134 Å². The summed E-state index contributed by atoms with van der Waals surface area (Å²) >= 11 is 0. The zero-order valence-electron chi connectivity index (χ0n) is 63.5. The molecule has 4 aromatic carbocycles. The highest BCUT2D eigenvalue weighted by molar-refractivity contribution is 6.14. The van der Waals surface area contributed by atoms with Gasteiger partial charge in [-0.2, -0.15) is 15.3 Å². The molecule has 4 amide bonds. The van der Waals surface area contributed by atoms with Crippen molar-refractivity contribution >= 4 is 40.7 Å². The molecule has 10 N–H and O–H groups in total. The Morgan fingerprint density at radius 3 is 1.32 bits per heavy atom. The molecule has 25 heteroatoms. The van der Waals surface area contributed by atoms with Gasteiger partial charge in [0.2, 0.25) is 23.6 Å². The van der Waals surface area contributed by atoms with Crippen molar-refractivity contribution in [1.82, 2.24) is 76.8 Å². The van der Waals surface area contributed by atoms with E-state index in [0.29, 0.717) is 52.2 Å². The number of anilines is 2. The molecule has 25 nitrogen and oxygen atoms in total. The second-order valence-corrected chi connectivity index (χ2v) is 26.1. The molecule has 8 rings (SSSR count). The maximum Gasteiger partial charge on any atom is 0.226 e. The van der Waals surface area contributed by atoms with Crippen LogP contribution in [0.5, 0.6) is 0 Å². The maximum absolute atomic E-state index is 12.0. The Hall–Kier alpha value is -8.60. The standard InChI is InChI=1S/C20H31N5O2.C20H30N4O2.C19H29N5O2.C19H28N4O/c1-21-10-11-25(2)15-18-14-23-24-20(18)17-7-5-16(6-8-17)13-19(26)22-9-4-12-27-3;1-21-12-13-24(2)15-17-10-11-22-20(17)16-6-8-18(9-7-16)23-19(25)5-4-14-26-3;1-20-8-10-24(2)14-17-13-22-23-19(17)16-6-4-15(5-7-16)12-18(25)21-9-11-26-3;1-5-6-11-23(4)13-16-12-20-22-18(16)15-7-9-17(10-8-15)21-19(24)14(2)3/h5-8,14,21H,4,9-13,15H2,1-3H3,(H,22,26)(H,23,24);6-10,21H,4-5,11-15H2,1-3H3,(H,23,25);4-7,13,20H,8-12,14H2,1-3H3,(H,21,25)(H,22,23);7-10,12,14H,5-6,11,13H2,1-4H3,(H,20,22)(H,21,24). The zero-order valence-corrected chi connectivity index (χ0v) is 63.5. The number of benzene rings is 4. The molecule has 1 aliphatic rings. The minimum atomic E-state index is -0.0254. The molecule has 0 unspecified atom stereocenters. The second kappa shape index (κ2) is 49.1. The highest BCUT2D eigenvalue weighted by Gasteiger charge is 2.18. The Kier molecular flexibility index (Phi) is 40.6. The van der Waals surface area contributed by atoms with Crippen molar-refractivity contribution < 1.29 is 33.4 Å². The SMILES string of the molecule is CCCCN(C)Cc1cn[nH]c1-c1ccc(NC(=O)C(C)C)cc1.CNCCN(C)CC1=CCN=C1c1ccc(NC(=O)CCCOC)cc1.CNCCN(C)Cc1cn[nH]c1-c1ccc(CC(=O)NCCCOC)cc1.CNCCN(C)Cc1cn[nH]c1-c1ccc(CC(=O)NCCOC)cc1. The van der Waals surface area contributed by atoms with E-state index in [1.54, 1.807) is 21.3 Å². The molecule has 0 bridgehead atoms. The number of likely N-dealkylation sites (N-methyl/N-ethyl adjacent to an activating group) is 6. The van der Waals surface area contributed by atoms with Gasteiger partial charge in [-0.3, -0.25) is 39.5 Å². The third-order valence-corrected chi connectivity index (χ3v) is 16.8. The molecule has 103 heavy (non-hydrogen) atoms. The lowest BCUT2D eigenvalue weighted by Gasteiger charge is -2.18. The summed E-state index contributed by atoms with van der Waals surface area (Å²) in [5.41, 5.74) is 16.9. The van der Waals surface area contributed by atoms with Gasteiger partial charge in [0.1, 0.15) is 0 Å². The Labute approximate surface area is 611 Å². The lowest BCUT2D eigenvalue weighted by Crippen LogP contribution is -2.30. The summed E-state index contributed by atoms with van der Waals surface area (Å²) < 4.78 is 14.9. The van der Waals surface area contributed by atoms with Crippen LogP contribution in [0.25, 0.3) is 33.8 Å². The highest BCUT2D eigenvalue weighted by atomic mass is 16.5. The van der Waals surface area contributed by atoms with Crippen LogP contribution in [-0.4, -0.2) is 242 Å². The van der Waals surface area contributed by atoms with Gasteiger partial charge in [0.05, 0.1) is 67.4 Å². The zero-order chi connectivity index (χ0) is 74.6. The van der Waals surface area contributed by atoms with E-state index in [4.69, 9.17) is 14.2 Å². The number of nitrogens with one attached hydrogen (secondary N) is 10. The molecule has 3 aromatic heterocycles. The number of ether oxygens (including phenoxy) is 3. The number of aromatic nitrogens is 6. The largest absolute Gasteiger partial charge is 0.385 e. The molecule has 0 saturated heterocycles. The van der Waals surface area contributed by atoms with Crippen LogP contribution < -0.4 is 37.2 Å². The molecule has 0 saturated carbocycles. The first-order valence-corrected chi connectivity index (χ1v) is 35.9. The molecular weight excluding hydrogens is 1300 g/mol. The Bertz CT molecular complexity index is 3570. The van der Waals surface area contributed by atoms with Crippen LogP contribution in [0.4, 0.5) is 11.4 Å². The average Bonchev–Trinajstić information content (AvgIpc) is 1.49. The van der Waals surface area contributed by atoms with Crippen LogP contribution in [0.15, 0.2) is 132 Å². The van der Waals surface area contributed by atoms with Crippen molar-refractivity contribution in [2.45, 2.75) is 85.4 Å². The van der Waals surface area contributed by atoms with Gasteiger partial charge >= 0.3 is 0 Å². The van der Waals surface area contributed by atoms with Gasteiger partial charge in [-0.15, -0.1) is 0 Å². The Balaban J connectivity index is 0.000000247. The van der Waals surface area contributed by atoms with Crippen LogP contribution in [0.3, 0.4) is 0 Å². The van der Waals surface area contributed by atoms with Crippen LogP contribution in [0.1, 0.15) is 86.3 Å². The fourth-order valence-electron chi connectivity index (χ4n) is 10.8. The van der Waals surface area contributed by atoms with E-state index in [-0.39, 0.29) is 29.5 Å². The van der Waals surface area contributed by atoms with E-state index < -0.39 is 0 Å². The minimum absolute atomic E-state index is 0.00295. The number of nitrogens with zero attached hydrogens (tertiary/aromatic N) is 8. The highest BCUT2D eigenvalue weighted by Crippen LogP contribution is 2.27. The number of unbranched alkanes of at least 4 members (excludes halogenated alkanes) is 1. The number of hydrogen-bond acceptors (Lipinski definition) is 18. The molecular formula is C78H118N18O7. The first-order valence-electron chi connectivity index (χ1n) is 35.9. The normalized spacial score (nSPS) is 11.8. The van der Waals surface area contributed by atoms with Gasteiger partial charge in [0.15, 0.2) is 0 Å². The van der Waals surface area contributed by atoms with Crippen molar-refractivity contribution in [3.8, 4) is 33.8 Å². The number of amides is 4. The van der Waals surface area contributed by atoms with Crippen molar-refractivity contribution in [2.24, 2.45) is 10.9 Å². The fourth-order valence-corrected chi connectivity index (χ4v) is 10.8. The van der Waals surface area contributed by atoms with E-state index >= 15 is 0 Å². The van der Waals surface area contributed by atoms with Crippen LogP contribution in [0, 0.1) is 5.92 Å². The van der Waals surface area contributed by atoms with Crippen molar-refractivity contribution in [3.05, 3.63) is 161 Å². The second-order valence-electron chi connectivity index (χ2n) is 26.1. The predicted molar refractivity (Wildman–Crippen MR) is 416 cm³/mol. The number of rotatable bonds is 42. The number of carbonyl (C=O) groups is 4. The lowest BCUT2D eigenvalue weighted by molar-refractivity contribution is -0.121. The van der Waals surface area contributed by atoms with E-state index in [9.17, 15) is 19.2 Å². The molecule has 0 spiro atoms. The molecule has 0 atom stereocenters. The van der Waals surface area contributed by atoms with Gasteiger partial charge in [-0.1, -0.05) is 106 Å². The Morgan fingerprint density at radius 1 is 0.476 bits per heavy atom. The molecule has 7 aromatic rings. The summed E-state index contributed by atoms with van der Waals surface area (Å²) in [5.74, 6) is 0.0558. The topological polar surface area (TPSA) is 292 Å². The van der Waals surface area contributed by atoms with Crippen molar-refractivity contribution in [1.29, 1.82) is 0 Å². The van der Waals surface area contributed by atoms with Gasteiger partial charge < -0.3 is 71.0 Å². The van der Waals surface area contributed by atoms with Gasteiger partial charge in [-0.25, -0.2) is 0 Å².